The van der Waals surface area contributed by atoms with Crippen LogP contribution in [0.3, 0.4) is 0 Å². The van der Waals surface area contributed by atoms with Gasteiger partial charge in [0.2, 0.25) is 0 Å². The normalized spacial score (nSPS) is 10.3. The van der Waals surface area contributed by atoms with Crippen molar-refractivity contribution < 1.29 is 13.9 Å². The summed E-state index contributed by atoms with van der Waals surface area (Å²) in [5.41, 5.74) is 1.57. The van der Waals surface area contributed by atoms with Gasteiger partial charge in [0.05, 0.1) is 7.11 Å². The Balaban J connectivity index is 2.03. The summed E-state index contributed by atoms with van der Waals surface area (Å²) in [6.07, 6.45) is 0. The molecule has 0 aliphatic carbocycles. The van der Waals surface area contributed by atoms with E-state index < -0.39 is 0 Å². The molecular formula is C15H17NO3. The molecule has 2 rings (SSSR count). The van der Waals surface area contributed by atoms with Gasteiger partial charge >= 0.3 is 0 Å². The highest BCUT2D eigenvalue weighted by atomic mass is 16.5. The van der Waals surface area contributed by atoms with Gasteiger partial charge in [0, 0.05) is 17.7 Å². The van der Waals surface area contributed by atoms with Crippen LogP contribution in [0.2, 0.25) is 0 Å². The van der Waals surface area contributed by atoms with Crippen LogP contribution in [0.4, 0.5) is 0 Å². The fourth-order valence-corrected chi connectivity index (χ4v) is 1.90. The van der Waals surface area contributed by atoms with Crippen molar-refractivity contribution in [3.63, 3.8) is 0 Å². The van der Waals surface area contributed by atoms with Crippen molar-refractivity contribution in [2.75, 3.05) is 7.11 Å². The van der Waals surface area contributed by atoms with E-state index in [0.717, 1.165) is 17.1 Å². The number of furan rings is 1. The maximum Gasteiger partial charge on any atom is 0.251 e. The molecule has 0 atom stereocenters. The van der Waals surface area contributed by atoms with E-state index in [0.29, 0.717) is 17.9 Å². The molecule has 1 aromatic heterocycles. The van der Waals surface area contributed by atoms with Gasteiger partial charge in [0.25, 0.3) is 5.91 Å². The number of nitrogens with one attached hydrogen (secondary N) is 1. The van der Waals surface area contributed by atoms with E-state index in [1.54, 1.807) is 31.4 Å². The van der Waals surface area contributed by atoms with Crippen LogP contribution in [0.5, 0.6) is 5.75 Å². The third-order valence-corrected chi connectivity index (χ3v) is 2.92. The summed E-state index contributed by atoms with van der Waals surface area (Å²) >= 11 is 0. The van der Waals surface area contributed by atoms with Crippen LogP contribution in [0, 0.1) is 13.8 Å². The van der Waals surface area contributed by atoms with Gasteiger partial charge < -0.3 is 14.5 Å². The molecule has 1 N–H and O–H groups in total. The number of carbonyl (C=O) groups excluding carboxylic acids is 1. The zero-order chi connectivity index (χ0) is 13.8. The molecule has 19 heavy (non-hydrogen) atoms. The van der Waals surface area contributed by atoms with Crippen LogP contribution in [0.1, 0.15) is 27.4 Å². The van der Waals surface area contributed by atoms with Gasteiger partial charge in [-0.15, -0.1) is 0 Å². The summed E-state index contributed by atoms with van der Waals surface area (Å²) in [5, 5.41) is 2.87. The summed E-state index contributed by atoms with van der Waals surface area (Å²) < 4.78 is 10.5. The maximum absolute atomic E-state index is 12.0. The number of hydrogen-bond donors (Lipinski definition) is 1. The van der Waals surface area contributed by atoms with Crippen molar-refractivity contribution in [3.8, 4) is 5.75 Å². The van der Waals surface area contributed by atoms with Gasteiger partial charge in [0.15, 0.2) is 0 Å². The van der Waals surface area contributed by atoms with E-state index >= 15 is 0 Å². The molecule has 2 aromatic rings. The van der Waals surface area contributed by atoms with E-state index in [2.05, 4.69) is 5.32 Å². The molecule has 1 heterocycles. The van der Waals surface area contributed by atoms with E-state index in [1.807, 2.05) is 19.9 Å². The zero-order valence-corrected chi connectivity index (χ0v) is 11.3. The first kappa shape index (κ1) is 13.2. The number of benzene rings is 1. The number of aryl methyl sites for hydroxylation is 2. The smallest absolute Gasteiger partial charge is 0.251 e. The van der Waals surface area contributed by atoms with E-state index in [1.165, 1.54) is 0 Å². The highest BCUT2D eigenvalue weighted by Gasteiger charge is 2.09. The minimum atomic E-state index is -0.128. The Labute approximate surface area is 112 Å². The lowest BCUT2D eigenvalue weighted by atomic mass is 10.2. The molecule has 100 valence electrons. The second kappa shape index (κ2) is 5.61. The number of carbonyl (C=O) groups is 1. The van der Waals surface area contributed by atoms with Crippen LogP contribution in [0.25, 0.3) is 0 Å². The fraction of sp³-hybridized carbons (Fsp3) is 0.267. The summed E-state index contributed by atoms with van der Waals surface area (Å²) in [7, 11) is 1.58. The number of amides is 1. The highest BCUT2D eigenvalue weighted by molar-refractivity contribution is 5.94. The lowest BCUT2D eigenvalue weighted by molar-refractivity contribution is 0.0950. The van der Waals surface area contributed by atoms with Gasteiger partial charge in [-0.1, -0.05) is 6.07 Å². The van der Waals surface area contributed by atoms with Crippen molar-refractivity contribution in [1.82, 2.24) is 5.32 Å². The van der Waals surface area contributed by atoms with Gasteiger partial charge in [-0.05, 0) is 38.1 Å². The molecule has 4 nitrogen and oxygen atoms in total. The predicted molar refractivity (Wildman–Crippen MR) is 72.3 cm³/mol. The minimum absolute atomic E-state index is 0.128. The molecule has 0 saturated carbocycles. The summed E-state index contributed by atoms with van der Waals surface area (Å²) in [4.78, 5) is 12.0. The molecule has 0 aliphatic heterocycles. The fourth-order valence-electron chi connectivity index (χ4n) is 1.90. The molecule has 0 unspecified atom stereocenters. The van der Waals surface area contributed by atoms with Crippen molar-refractivity contribution in [2.24, 2.45) is 0 Å². The molecule has 1 aromatic carbocycles. The van der Waals surface area contributed by atoms with Crippen molar-refractivity contribution >= 4 is 5.91 Å². The predicted octanol–water partition coefficient (Wildman–Crippen LogP) is 2.84. The lowest BCUT2D eigenvalue weighted by Crippen LogP contribution is -2.22. The summed E-state index contributed by atoms with van der Waals surface area (Å²) in [5.74, 6) is 2.23. The zero-order valence-electron chi connectivity index (χ0n) is 11.3. The molecule has 0 fully saturated rings. The number of methoxy groups -OCH3 is 1. The Bertz CT molecular complexity index is 587. The Hall–Kier alpha value is -2.23. The van der Waals surface area contributed by atoms with Crippen molar-refractivity contribution in [2.45, 2.75) is 20.4 Å². The van der Waals surface area contributed by atoms with Gasteiger partial charge in [-0.25, -0.2) is 0 Å². The van der Waals surface area contributed by atoms with Crippen molar-refractivity contribution in [1.29, 1.82) is 0 Å². The van der Waals surface area contributed by atoms with Crippen LogP contribution in [-0.2, 0) is 6.54 Å². The molecule has 0 spiro atoms. The highest BCUT2D eigenvalue weighted by Crippen LogP contribution is 2.15. The Morgan fingerprint density at radius 3 is 2.74 bits per heavy atom. The Kier molecular flexibility index (Phi) is 3.90. The summed E-state index contributed by atoms with van der Waals surface area (Å²) in [6.45, 7) is 4.24. The number of rotatable bonds is 4. The molecule has 0 saturated heterocycles. The monoisotopic (exact) mass is 259 g/mol. The molecule has 0 radical (unpaired) electrons. The van der Waals surface area contributed by atoms with Crippen LogP contribution in [0.15, 0.2) is 34.7 Å². The molecular weight excluding hydrogens is 242 g/mol. The molecule has 0 aliphatic rings. The second-order valence-electron chi connectivity index (χ2n) is 4.35. The maximum atomic E-state index is 12.0. The average Bonchev–Trinajstić information content (AvgIpc) is 2.74. The third-order valence-electron chi connectivity index (χ3n) is 2.92. The van der Waals surface area contributed by atoms with Crippen LogP contribution >= 0.6 is 0 Å². The van der Waals surface area contributed by atoms with Crippen molar-refractivity contribution in [3.05, 3.63) is 53.0 Å². The first-order valence-electron chi connectivity index (χ1n) is 6.08. The molecule has 1 amide bonds. The van der Waals surface area contributed by atoms with Gasteiger partial charge in [-0.3, -0.25) is 4.79 Å². The van der Waals surface area contributed by atoms with Gasteiger partial charge in [0.1, 0.15) is 17.3 Å². The first-order valence-corrected chi connectivity index (χ1v) is 6.08. The topological polar surface area (TPSA) is 51.5 Å². The standard InChI is InChI=1S/C15H17NO3/c1-10-7-13(11(2)19-10)9-16-15(17)12-5-4-6-14(8-12)18-3/h4-8H,9H2,1-3H3,(H,16,17). The van der Waals surface area contributed by atoms with E-state index in [9.17, 15) is 4.79 Å². The summed E-state index contributed by atoms with van der Waals surface area (Å²) in [6, 6.07) is 9.00. The van der Waals surface area contributed by atoms with Crippen LogP contribution in [-0.4, -0.2) is 13.0 Å². The third kappa shape index (κ3) is 3.16. The number of hydrogen-bond acceptors (Lipinski definition) is 3. The lowest BCUT2D eigenvalue weighted by Gasteiger charge is -2.06. The Morgan fingerprint density at radius 2 is 2.11 bits per heavy atom. The quantitative estimate of drug-likeness (QED) is 0.918. The SMILES string of the molecule is COc1cccc(C(=O)NCc2cc(C)oc2C)c1. The van der Waals surface area contributed by atoms with E-state index in [4.69, 9.17) is 9.15 Å². The van der Waals surface area contributed by atoms with Crippen LogP contribution < -0.4 is 10.1 Å². The minimum Gasteiger partial charge on any atom is -0.497 e. The first-order chi connectivity index (χ1) is 9.10. The largest absolute Gasteiger partial charge is 0.497 e. The second-order valence-corrected chi connectivity index (χ2v) is 4.35. The van der Waals surface area contributed by atoms with Gasteiger partial charge in [-0.2, -0.15) is 0 Å². The molecule has 4 heteroatoms. The number of ether oxygens (including phenoxy) is 1. The van der Waals surface area contributed by atoms with E-state index in [-0.39, 0.29) is 5.91 Å². The Morgan fingerprint density at radius 1 is 1.32 bits per heavy atom. The average molecular weight is 259 g/mol. The molecule has 0 bridgehead atoms.